The van der Waals surface area contributed by atoms with Crippen LogP contribution in [-0.4, -0.2) is 44.8 Å². The van der Waals surface area contributed by atoms with Crippen LogP contribution in [0.15, 0.2) is 53.4 Å². The third kappa shape index (κ3) is 7.04. The van der Waals surface area contributed by atoms with Crippen molar-refractivity contribution in [3.63, 3.8) is 0 Å². The summed E-state index contributed by atoms with van der Waals surface area (Å²) in [4.78, 5) is 27.3. The minimum absolute atomic E-state index is 0.125. The molecule has 7 nitrogen and oxygen atoms in total. The van der Waals surface area contributed by atoms with Crippen molar-refractivity contribution in [1.82, 2.24) is 9.62 Å². The first-order valence-electron chi connectivity index (χ1n) is 11.8. The molecule has 184 valence electrons. The van der Waals surface area contributed by atoms with Crippen LogP contribution in [0.1, 0.15) is 55.8 Å². The molecular weight excluding hydrogens is 474 g/mol. The fourth-order valence-corrected chi connectivity index (χ4v) is 5.24. The van der Waals surface area contributed by atoms with Gasteiger partial charge in [0.15, 0.2) is 0 Å². The van der Waals surface area contributed by atoms with Crippen molar-refractivity contribution in [1.29, 1.82) is 0 Å². The smallest absolute Gasteiger partial charge is 0.255 e. The van der Waals surface area contributed by atoms with Gasteiger partial charge >= 0.3 is 0 Å². The summed E-state index contributed by atoms with van der Waals surface area (Å²) < 4.78 is 27.5. The van der Waals surface area contributed by atoms with Gasteiger partial charge in [0.1, 0.15) is 0 Å². The summed E-state index contributed by atoms with van der Waals surface area (Å²) in [5, 5.41) is 3.28. The van der Waals surface area contributed by atoms with Crippen LogP contribution < -0.4 is 10.0 Å². The standard InChI is InChI=1S/C25H32ClN3O4S/c1-2-3-4-7-16-27-34(32,33)21-12-10-20(11-13-21)28-24(30)19-14-17-29(18-15-19)25(31)22-8-5-6-9-23(22)26/h5-6,8-13,19,27H,2-4,7,14-18H2,1H3,(H,28,30). The Bertz CT molecular complexity index is 1080. The van der Waals surface area contributed by atoms with Gasteiger partial charge in [0.25, 0.3) is 5.91 Å². The van der Waals surface area contributed by atoms with Gasteiger partial charge in [-0.2, -0.15) is 0 Å². The monoisotopic (exact) mass is 505 g/mol. The quantitative estimate of drug-likeness (QED) is 0.458. The highest BCUT2D eigenvalue weighted by Crippen LogP contribution is 2.24. The second kappa shape index (κ2) is 12.3. The lowest BCUT2D eigenvalue weighted by atomic mass is 9.95. The molecule has 0 spiro atoms. The number of benzene rings is 2. The molecule has 0 aromatic heterocycles. The van der Waals surface area contributed by atoms with Crippen molar-refractivity contribution in [2.24, 2.45) is 5.92 Å². The largest absolute Gasteiger partial charge is 0.339 e. The zero-order valence-electron chi connectivity index (χ0n) is 19.4. The molecule has 2 N–H and O–H groups in total. The second-order valence-electron chi connectivity index (χ2n) is 8.52. The van der Waals surface area contributed by atoms with Crippen LogP contribution in [0.4, 0.5) is 5.69 Å². The van der Waals surface area contributed by atoms with E-state index in [9.17, 15) is 18.0 Å². The second-order valence-corrected chi connectivity index (χ2v) is 10.7. The van der Waals surface area contributed by atoms with E-state index in [2.05, 4.69) is 17.0 Å². The van der Waals surface area contributed by atoms with Gasteiger partial charge in [0, 0.05) is 31.2 Å². The number of hydrogen-bond donors (Lipinski definition) is 2. The predicted octanol–water partition coefficient (Wildman–Crippen LogP) is 4.69. The number of piperidine rings is 1. The maximum atomic E-state index is 12.7. The molecule has 1 aliphatic rings. The molecule has 34 heavy (non-hydrogen) atoms. The van der Waals surface area contributed by atoms with E-state index in [-0.39, 0.29) is 22.6 Å². The molecule has 3 rings (SSSR count). The molecule has 0 saturated carbocycles. The fourth-order valence-electron chi connectivity index (χ4n) is 3.95. The third-order valence-electron chi connectivity index (χ3n) is 6.01. The summed E-state index contributed by atoms with van der Waals surface area (Å²) in [5.74, 6) is -0.474. The number of hydrogen-bond acceptors (Lipinski definition) is 4. The molecule has 1 aliphatic heterocycles. The van der Waals surface area contributed by atoms with Gasteiger partial charge in [-0.3, -0.25) is 9.59 Å². The Kier molecular flexibility index (Phi) is 9.50. The van der Waals surface area contributed by atoms with Crippen molar-refractivity contribution < 1.29 is 18.0 Å². The van der Waals surface area contributed by atoms with Gasteiger partial charge in [0.05, 0.1) is 15.5 Å². The highest BCUT2D eigenvalue weighted by molar-refractivity contribution is 7.89. The van der Waals surface area contributed by atoms with Crippen LogP contribution in [-0.2, 0) is 14.8 Å². The Labute approximate surface area is 206 Å². The molecule has 0 unspecified atom stereocenters. The summed E-state index contributed by atoms with van der Waals surface area (Å²) in [6.45, 7) is 3.47. The Morgan fingerprint density at radius 2 is 1.68 bits per heavy atom. The number of anilines is 1. The lowest BCUT2D eigenvalue weighted by Crippen LogP contribution is -2.41. The van der Waals surface area contributed by atoms with E-state index in [0.29, 0.717) is 48.7 Å². The van der Waals surface area contributed by atoms with E-state index < -0.39 is 10.0 Å². The number of amides is 2. The van der Waals surface area contributed by atoms with Crippen molar-refractivity contribution in [3.8, 4) is 0 Å². The lowest BCUT2D eigenvalue weighted by molar-refractivity contribution is -0.121. The number of likely N-dealkylation sites (tertiary alicyclic amines) is 1. The van der Waals surface area contributed by atoms with Gasteiger partial charge in [-0.15, -0.1) is 0 Å². The van der Waals surface area contributed by atoms with Crippen molar-refractivity contribution in [2.75, 3.05) is 25.0 Å². The first-order chi connectivity index (χ1) is 16.3. The third-order valence-corrected chi connectivity index (χ3v) is 7.82. The van der Waals surface area contributed by atoms with Crippen LogP contribution in [0.3, 0.4) is 0 Å². The number of sulfonamides is 1. The molecule has 1 saturated heterocycles. The first kappa shape index (κ1) is 26.2. The topological polar surface area (TPSA) is 95.6 Å². The molecule has 2 aromatic rings. The van der Waals surface area contributed by atoms with Gasteiger partial charge in [-0.1, -0.05) is 49.9 Å². The van der Waals surface area contributed by atoms with E-state index in [1.807, 2.05) is 0 Å². The van der Waals surface area contributed by atoms with Crippen molar-refractivity contribution in [2.45, 2.75) is 50.3 Å². The zero-order chi connectivity index (χ0) is 24.6. The molecule has 2 amide bonds. The van der Waals surface area contributed by atoms with Gasteiger partial charge in [-0.25, -0.2) is 13.1 Å². The maximum Gasteiger partial charge on any atom is 0.255 e. The average Bonchev–Trinajstić information content (AvgIpc) is 2.84. The number of carbonyl (C=O) groups excluding carboxylic acids is 2. The van der Waals surface area contributed by atoms with Gasteiger partial charge in [-0.05, 0) is 55.7 Å². The molecule has 0 atom stereocenters. The van der Waals surface area contributed by atoms with Crippen molar-refractivity contribution >= 4 is 39.1 Å². The first-order valence-corrected chi connectivity index (χ1v) is 13.6. The van der Waals surface area contributed by atoms with Crippen LogP contribution >= 0.6 is 11.6 Å². The zero-order valence-corrected chi connectivity index (χ0v) is 21.0. The summed E-state index contributed by atoms with van der Waals surface area (Å²) in [5.41, 5.74) is 1.01. The fraction of sp³-hybridized carbons (Fsp3) is 0.440. The lowest BCUT2D eigenvalue weighted by Gasteiger charge is -2.31. The molecule has 0 radical (unpaired) electrons. The van der Waals surface area contributed by atoms with Crippen LogP contribution in [0, 0.1) is 5.92 Å². The number of nitrogens with one attached hydrogen (secondary N) is 2. The number of rotatable bonds is 10. The number of nitrogens with zero attached hydrogens (tertiary/aromatic N) is 1. The minimum Gasteiger partial charge on any atom is -0.339 e. The molecular formula is C25H32ClN3O4S. The molecule has 9 heteroatoms. The van der Waals surface area contributed by atoms with Crippen LogP contribution in [0.5, 0.6) is 0 Å². The number of carbonyl (C=O) groups is 2. The van der Waals surface area contributed by atoms with E-state index in [0.717, 1.165) is 25.7 Å². The molecule has 0 aliphatic carbocycles. The molecule has 2 aromatic carbocycles. The minimum atomic E-state index is -3.56. The SMILES string of the molecule is CCCCCCNS(=O)(=O)c1ccc(NC(=O)C2CCN(C(=O)c3ccccc3Cl)CC2)cc1. The van der Waals surface area contributed by atoms with E-state index in [1.165, 1.54) is 12.1 Å². The summed E-state index contributed by atoms with van der Waals surface area (Å²) in [6, 6.07) is 13.1. The maximum absolute atomic E-state index is 12.7. The van der Waals surface area contributed by atoms with Crippen molar-refractivity contribution in [3.05, 3.63) is 59.1 Å². The summed E-state index contributed by atoms with van der Waals surface area (Å²) >= 11 is 6.14. The Morgan fingerprint density at radius 1 is 1.00 bits per heavy atom. The number of unbranched alkanes of at least 4 members (excludes halogenated alkanes) is 3. The number of halogens is 1. The molecule has 1 fully saturated rings. The van der Waals surface area contributed by atoms with E-state index in [4.69, 9.17) is 11.6 Å². The Hall–Kier alpha value is -2.42. The highest BCUT2D eigenvalue weighted by Gasteiger charge is 2.28. The highest BCUT2D eigenvalue weighted by atomic mass is 35.5. The molecule has 1 heterocycles. The summed E-state index contributed by atoms with van der Waals surface area (Å²) in [7, 11) is -3.56. The average molecular weight is 506 g/mol. The van der Waals surface area contributed by atoms with Gasteiger partial charge in [0.2, 0.25) is 15.9 Å². The predicted molar refractivity (Wildman–Crippen MR) is 134 cm³/mol. The normalized spacial score (nSPS) is 14.7. The Morgan fingerprint density at radius 3 is 2.32 bits per heavy atom. The van der Waals surface area contributed by atoms with E-state index >= 15 is 0 Å². The Balaban J connectivity index is 1.49. The van der Waals surface area contributed by atoms with Crippen LogP contribution in [0.2, 0.25) is 5.02 Å². The summed E-state index contributed by atoms with van der Waals surface area (Å²) in [6.07, 6.45) is 5.10. The molecule has 0 bridgehead atoms. The van der Waals surface area contributed by atoms with E-state index in [1.54, 1.807) is 41.3 Å². The van der Waals surface area contributed by atoms with Crippen LogP contribution in [0.25, 0.3) is 0 Å². The van der Waals surface area contributed by atoms with Gasteiger partial charge < -0.3 is 10.2 Å².